The van der Waals surface area contributed by atoms with Crippen molar-refractivity contribution in [1.82, 2.24) is 16.4 Å². The Morgan fingerprint density at radius 2 is 1.93 bits per heavy atom. The molecule has 1 saturated heterocycles. The van der Waals surface area contributed by atoms with Crippen molar-refractivity contribution in [1.29, 1.82) is 5.26 Å². The summed E-state index contributed by atoms with van der Waals surface area (Å²) in [5.41, 5.74) is 16.1. The Balaban J connectivity index is 2.21. The van der Waals surface area contributed by atoms with Gasteiger partial charge in [0.25, 0.3) is 0 Å². The quantitative estimate of drug-likeness (QED) is 0.478. The molecule has 5 N–H and O–H groups in total. The van der Waals surface area contributed by atoms with Crippen molar-refractivity contribution in [3.05, 3.63) is 35.4 Å². The molecule has 1 aromatic rings. The second-order valence-corrected chi connectivity index (χ2v) is 3.15. The third-order valence-corrected chi connectivity index (χ3v) is 2.22. The lowest BCUT2D eigenvalue weighted by molar-refractivity contribution is 0.546. The average molecular weight is 189 g/mol. The van der Waals surface area contributed by atoms with Gasteiger partial charge in [-0.1, -0.05) is 12.1 Å². The van der Waals surface area contributed by atoms with E-state index in [1.807, 2.05) is 12.1 Å². The van der Waals surface area contributed by atoms with Crippen LogP contribution in [-0.4, -0.2) is 6.17 Å². The van der Waals surface area contributed by atoms with Crippen LogP contribution in [0.3, 0.4) is 0 Å². The summed E-state index contributed by atoms with van der Waals surface area (Å²) >= 11 is 0. The molecule has 0 aromatic heterocycles. The van der Waals surface area contributed by atoms with Crippen molar-refractivity contribution < 1.29 is 0 Å². The van der Waals surface area contributed by atoms with Crippen LogP contribution in [0.2, 0.25) is 0 Å². The second-order valence-electron chi connectivity index (χ2n) is 3.15. The lowest BCUT2D eigenvalue weighted by Gasteiger charge is -2.13. The minimum atomic E-state index is -0.164. The molecule has 1 aromatic carbocycles. The second kappa shape index (κ2) is 3.74. The first kappa shape index (κ1) is 9.12. The Kier molecular flexibility index (Phi) is 2.43. The van der Waals surface area contributed by atoms with E-state index < -0.39 is 0 Å². The molecule has 0 spiro atoms. The zero-order valence-corrected chi connectivity index (χ0v) is 7.49. The van der Waals surface area contributed by atoms with E-state index in [4.69, 9.17) is 11.0 Å². The minimum absolute atomic E-state index is 0.0303. The van der Waals surface area contributed by atoms with Crippen LogP contribution < -0.4 is 22.1 Å². The van der Waals surface area contributed by atoms with Crippen LogP contribution in [0.1, 0.15) is 17.2 Å². The van der Waals surface area contributed by atoms with Crippen molar-refractivity contribution in [2.24, 2.45) is 5.73 Å². The summed E-state index contributed by atoms with van der Waals surface area (Å²) in [7, 11) is 0. The Morgan fingerprint density at radius 1 is 1.21 bits per heavy atom. The van der Waals surface area contributed by atoms with Gasteiger partial charge in [0.15, 0.2) is 0 Å². The molecular formula is C9H11N5. The van der Waals surface area contributed by atoms with Crippen LogP contribution in [0.5, 0.6) is 0 Å². The fourth-order valence-electron chi connectivity index (χ4n) is 1.43. The SMILES string of the molecule is N#Cc1ccc(C2NNNC2N)cc1. The largest absolute Gasteiger partial charge is 0.313 e. The average Bonchev–Trinajstić information content (AvgIpc) is 2.65. The van der Waals surface area contributed by atoms with Gasteiger partial charge in [0.05, 0.1) is 23.8 Å². The first-order valence-corrected chi connectivity index (χ1v) is 4.33. The fraction of sp³-hybridized carbons (Fsp3) is 0.222. The molecule has 72 valence electrons. The topological polar surface area (TPSA) is 85.9 Å². The van der Waals surface area contributed by atoms with E-state index in [-0.39, 0.29) is 12.2 Å². The standard InChI is InChI=1S/C9H11N5/c10-5-6-1-3-7(4-2-6)8-9(11)13-14-12-8/h1-4,8-9,12-14H,11H2. The van der Waals surface area contributed by atoms with E-state index in [9.17, 15) is 0 Å². The summed E-state index contributed by atoms with van der Waals surface area (Å²) in [6, 6.07) is 9.45. The van der Waals surface area contributed by atoms with Crippen LogP contribution >= 0.6 is 0 Å². The molecule has 0 amide bonds. The molecule has 2 atom stereocenters. The van der Waals surface area contributed by atoms with Gasteiger partial charge in [-0.05, 0) is 17.7 Å². The molecule has 1 heterocycles. The monoisotopic (exact) mass is 189 g/mol. The van der Waals surface area contributed by atoms with E-state index in [2.05, 4.69) is 22.5 Å². The van der Waals surface area contributed by atoms with E-state index in [0.717, 1.165) is 5.56 Å². The van der Waals surface area contributed by atoms with Crippen molar-refractivity contribution >= 4 is 0 Å². The lowest BCUT2D eigenvalue weighted by Crippen LogP contribution is -2.38. The Bertz CT molecular complexity index is 352. The van der Waals surface area contributed by atoms with Gasteiger partial charge >= 0.3 is 0 Å². The molecule has 5 nitrogen and oxygen atoms in total. The number of rotatable bonds is 1. The first-order valence-electron chi connectivity index (χ1n) is 4.33. The summed E-state index contributed by atoms with van der Waals surface area (Å²) < 4.78 is 0. The molecule has 0 bridgehead atoms. The van der Waals surface area contributed by atoms with E-state index in [0.29, 0.717) is 5.56 Å². The molecule has 0 saturated carbocycles. The zero-order valence-electron chi connectivity index (χ0n) is 7.49. The van der Waals surface area contributed by atoms with Gasteiger partial charge < -0.3 is 5.73 Å². The number of nitriles is 1. The maximum Gasteiger partial charge on any atom is 0.0991 e. The molecule has 1 fully saturated rings. The lowest BCUT2D eigenvalue weighted by atomic mass is 10.0. The van der Waals surface area contributed by atoms with Crippen LogP contribution in [0.4, 0.5) is 0 Å². The third-order valence-electron chi connectivity index (χ3n) is 2.22. The summed E-state index contributed by atoms with van der Waals surface area (Å²) in [4.78, 5) is 0. The molecule has 5 heteroatoms. The van der Waals surface area contributed by atoms with Crippen LogP contribution in [0.25, 0.3) is 0 Å². The number of nitrogens with two attached hydrogens (primary N) is 1. The van der Waals surface area contributed by atoms with Gasteiger partial charge in [-0.15, -0.1) is 0 Å². The molecule has 1 aliphatic rings. The maximum absolute atomic E-state index is 8.63. The number of nitrogens with one attached hydrogen (secondary N) is 3. The number of benzene rings is 1. The van der Waals surface area contributed by atoms with Crippen LogP contribution in [-0.2, 0) is 0 Å². The normalized spacial score (nSPS) is 26.0. The van der Waals surface area contributed by atoms with Crippen molar-refractivity contribution in [2.45, 2.75) is 12.2 Å². The third kappa shape index (κ3) is 1.60. The molecule has 2 unspecified atom stereocenters. The van der Waals surface area contributed by atoms with E-state index in [1.54, 1.807) is 12.1 Å². The summed E-state index contributed by atoms with van der Waals surface area (Å²) in [6.45, 7) is 0. The summed E-state index contributed by atoms with van der Waals surface area (Å²) in [5, 5.41) is 8.63. The minimum Gasteiger partial charge on any atom is -0.313 e. The number of hydrogen-bond acceptors (Lipinski definition) is 5. The molecule has 0 aliphatic carbocycles. The predicted octanol–water partition coefficient (Wildman–Crippen LogP) is -0.503. The highest BCUT2D eigenvalue weighted by Gasteiger charge is 2.23. The molecule has 2 rings (SSSR count). The Morgan fingerprint density at radius 3 is 2.43 bits per heavy atom. The number of hydrogen-bond donors (Lipinski definition) is 4. The smallest absolute Gasteiger partial charge is 0.0991 e. The summed E-state index contributed by atoms with van der Waals surface area (Å²) in [6.07, 6.45) is -0.164. The summed E-state index contributed by atoms with van der Waals surface area (Å²) in [5.74, 6) is 0. The predicted molar refractivity (Wildman–Crippen MR) is 51.3 cm³/mol. The Hall–Kier alpha value is -1.45. The van der Waals surface area contributed by atoms with Crippen molar-refractivity contribution in [3.63, 3.8) is 0 Å². The van der Waals surface area contributed by atoms with E-state index >= 15 is 0 Å². The first-order chi connectivity index (χ1) is 6.81. The zero-order chi connectivity index (χ0) is 9.97. The molecule has 1 aliphatic heterocycles. The van der Waals surface area contributed by atoms with Crippen molar-refractivity contribution in [3.8, 4) is 6.07 Å². The van der Waals surface area contributed by atoms with Gasteiger partial charge in [0.2, 0.25) is 0 Å². The Labute approximate surface area is 81.8 Å². The van der Waals surface area contributed by atoms with Crippen LogP contribution in [0, 0.1) is 11.3 Å². The maximum atomic E-state index is 8.63. The van der Waals surface area contributed by atoms with Gasteiger partial charge in [-0.3, -0.25) is 0 Å². The van der Waals surface area contributed by atoms with Crippen LogP contribution in [0.15, 0.2) is 24.3 Å². The van der Waals surface area contributed by atoms with E-state index in [1.165, 1.54) is 0 Å². The number of nitrogens with zero attached hydrogens (tertiary/aromatic N) is 1. The highest BCUT2D eigenvalue weighted by molar-refractivity contribution is 5.33. The fourth-order valence-corrected chi connectivity index (χ4v) is 1.43. The highest BCUT2D eigenvalue weighted by Crippen LogP contribution is 2.16. The highest BCUT2D eigenvalue weighted by atomic mass is 15.7. The van der Waals surface area contributed by atoms with Gasteiger partial charge in [-0.25, -0.2) is 10.9 Å². The van der Waals surface area contributed by atoms with Gasteiger partial charge in [-0.2, -0.15) is 10.8 Å². The number of hydrazine groups is 2. The van der Waals surface area contributed by atoms with Gasteiger partial charge in [0, 0.05) is 0 Å². The molecule has 14 heavy (non-hydrogen) atoms. The molecule has 0 radical (unpaired) electrons. The molecular weight excluding hydrogens is 178 g/mol. The van der Waals surface area contributed by atoms with Gasteiger partial charge in [0.1, 0.15) is 0 Å². The van der Waals surface area contributed by atoms with Crippen molar-refractivity contribution in [2.75, 3.05) is 0 Å².